The molecule has 0 fully saturated rings. The third-order valence-electron chi connectivity index (χ3n) is 2.69. The molecule has 0 saturated heterocycles. The third kappa shape index (κ3) is 6.38. The summed E-state index contributed by atoms with van der Waals surface area (Å²) in [4.78, 5) is 15.8. The number of nitrogens with one attached hydrogen (secondary N) is 2. The standard InChI is InChI=1S/C14H26N4O/c1-11(2)7-15-8-13-9-16-10-18(13)6-5-14(19)17-12(3)4/h9-12,15H,5-8H2,1-4H3,(H,17,19). The summed E-state index contributed by atoms with van der Waals surface area (Å²) in [7, 11) is 0. The van der Waals surface area contributed by atoms with E-state index in [0.29, 0.717) is 18.9 Å². The van der Waals surface area contributed by atoms with Crippen LogP contribution in [-0.2, 0) is 17.9 Å². The van der Waals surface area contributed by atoms with Crippen molar-refractivity contribution in [1.29, 1.82) is 0 Å². The molecular weight excluding hydrogens is 240 g/mol. The van der Waals surface area contributed by atoms with E-state index in [1.54, 1.807) is 6.33 Å². The van der Waals surface area contributed by atoms with E-state index in [0.717, 1.165) is 18.8 Å². The zero-order valence-corrected chi connectivity index (χ0v) is 12.4. The lowest BCUT2D eigenvalue weighted by Gasteiger charge is -2.11. The van der Waals surface area contributed by atoms with E-state index in [2.05, 4.69) is 29.5 Å². The fraction of sp³-hybridized carbons (Fsp3) is 0.714. The Morgan fingerprint density at radius 1 is 1.37 bits per heavy atom. The van der Waals surface area contributed by atoms with Gasteiger partial charge in [-0.1, -0.05) is 13.8 Å². The van der Waals surface area contributed by atoms with E-state index >= 15 is 0 Å². The van der Waals surface area contributed by atoms with Crippen molar-refractivity contribution in [2.24, 2.45) is 5.92 Å². The van der Waals surface area contributed by atoms with Crippen LogP contribution >= 0.6 is 0 Å². The van der Waals surface area contributed by atoms with Gasteiger partial charge in [0.05, 0.1) is 12.0 Å². The topological polar surface area (TPSA) is 59.0 Å². The van der Waals surface area contributed by atoms with Crippen molar-refractivity contribution in [3.63, 3.8) is 0 Å². The predicted molar refractivity (Wildman–Crippen MR) is 76.7 cm³/mol. The zero-order chi connectivity index (χ0) is 14.3. The highest BCUT2D eigenvalue weighted by Gasteiger charge is 2.06. The summed E-state index contributed by atoms with van der Waals surface area (Å²) < 4.78 is 2.03. The minimum Gasteiger partial charge on any atom is -0.354 e. The van der Waals surface area contributed by atoms with Gasteiger partial charge in [-0.25, -0.2) is 4.98 Å². The first-order valence-corrected chi connectivity index (χ1v) is 6.98. The smallest absolute Gasteiger partial charge is 0.221 e. The Labute approximate surface area is 115 Å². The summed E-state index contributed by atoms with van der Waals surface area (Å²) in [6.45, 7) is 10.8. The van der Waals surface area contributed by atoms with Gasteiger partial charge in [0.2, 0.25) is 5.91 Å². The molecule has 0 spiro atoms. The van der Waals surface area contributed by atoms with E-state index in [9.17, 15) is 4.79 Å². The molecule has 0 saturated carbocycles. The Morgan fingerprint density at radius 3 is 2.74 bits per heavy atom. The van der Waals surface area contributed by atoms with Gasteiger partial charge in [-0.05, 0) is 26.3 Å². The van der Waals surface area contributed by atoms with Crippen LogP contribution in [0.2, 0.25) is 0 Å². The average molecular weight is 266 g/mol. The highest BCUT2D eigenvalue weighted by Crippen LogP contribution is 2.01. The Hall–Kier alpha value is -1.36. The first kappa shape index (κ1) is 15.7. The maximum Gasteiger partial charge on any atom is 0.221 e. The molecule has 1 amide bonds. The molecule has 1 aromatic rings. The van der Waals surface area contributed by atoms with Crippen LogP contribution in [0.1, 0.15) is 39.8 Å². The molecular formula is C14H26N4O. The van der Waals surface area contributed by atoms with E-state index in [4.69, 9.17) is 0 Å². The summed E-state index contributed by atoms with van der Waals surface area (Å²) in [5, 5.41) is 6.28. The molecule has 108 valence electrons. The van der Waals surface area contributed by atoms with E-state index in [1.807, 2.05) is 24.6 Å². The van der Waals surface area contributed by atoms with Crippen molar-refractivity contribution in [2.75, 3.05) is 6.54 Å². The third-order valence-corrected chi connectivity index (χ3v) is 2.69. The van der Waals surface area contributed by atoms with Gasteiger partial charge in [-0.3, -0.25) is 4.79 Å². The lowest BCUT2D eigenvalue weighted by molar-refractivity contribution is -0.121. The molecule has 1 heterocycles. The molecule has 0 atom stereocenters. The number of hydrogen-bond donors (Lipinski definition) is 2. The molecule has 0 aliphatic rings. The number of rotatable bonds is 8. The van der Waals surface area contributed by atoms with Crippen LogP contribution in [0, 0.1) is 5.92 Å². The number of aryl methyl sites for hydroxylation is 1. The normalized spacial score (nSPS) is 11.3. The van der Waals surface area contributed by atoms with Crippen LogP contribution < -0.4 is 10.6 Å². The van der Waals surface area contributed by atoms with Gasteiger partial charge in [0.15, 0.2) is 0 Å². The maximum absolute atomic E-state index is 11.6. The van der Waals surface area contributed by atoms with Crippen molar-refractivity contribution in [3.8, 4) is 0 Å². The van der Waals surface area contributed by atoms with Gasteiger partial charge in [0.1, 0.15) is 0 Å². The quantitative estimate of drug-likeness (QED) is 0.750. The predicted octanol–water partition coefficient (Wildman–Crippen LogP) is 1.54. The number of nitrogens with zero attached hydrogens (tertiary/aromatic N) is 2. The molecule has 0 unspecified atom stereocenters. The van der Waals surface area contributed by atoms with Crippen LogP contribution in [0.25, 0.3) is 0 Å². The Bertz CT molecular complexity index is 385. The van der Waals surface area contributed by atoms with Crippen molar-refractivity contribution in [1.82, 2.24) is 20.2 Å². The fourth-order valence-electron chi connectivity index (χ4n) is 1.80. The highest BCUT2D eigenvalue weighted by atomic mass is 16.1. The van der Waals surface area contributed by atoms with Crippen LogP contribution in [-0.4, -0.2) is 28.0 Å². The fourth-order valence-corrected chi connectivity index (χ4v) is 1.80. The maximum atomic E-state index is 11.6. The first-order chi connectivity index (χ1) is 8.99. The van der Waals surface area contributed by atoms with Crippen molar-refractivity contribution >= 4 is 5.91 Å². The minimum atomic E-state index is 0.0878. The number of hydrogen-bond acceptors (Lipinski definition) is 3. The summed E-state index contributed by atoms with van der Waals surface area (Å²) in [5.41, 5.74) is 1.12. The van der Waals surface area contributed by atoms with Crippen LogP contribution in [0.5, 0.6) is 0 Å². The van der Waals surface area contributed by atoms with Gasteiger partial charge in [-0.15, -0.1) is 0 Å². The monoisotopic (exact) mass is 266 g/mol. The molecule has 0 aromatic carbocycles. The second-order valence-corrected chi connectivity index (χ2v) is 5.58. The molecule has 5 heteroatoms. The van der Waals surface area contributed by atoms with E-state index in [1.165, 1.54) is 0 Å². The van der Waals surface area contributed by atoms with E-state index in [-0.39, 0.29) is 11.9 Å². The summed E-state index contributed by atoms with van der Waals surface area (Å²) in [6, 6.07) is 0.197. The lowest BCUT2D eigenvalue weighted by atomic mass is 10.2. The molecule has 0 bridgehead atoms. The number of carbonyl (C=O) groups excluding carboxylic acids is 1. The van der Waals surface area contributed by atoms with Crippen molar-refractivity contribution in [3.05, 3.63) is 18.2 Å². The van der Waals surface area contributed by atoms with Crippen LogP contribution in [0.15, 0.2) is 12.5 Å². The highest BCUT2D eigenvalue weighted by molar-refractivity contribution is 5.76. The Balaban J connectivity index is 2.38. The van der Waals surface area contributed by atoms with Crippen molar-refractivity contribution < 1.29 is 4.79 Å². The van der Waals surface area contributed by atoms with Gasteiger partial charge in [0, 0.05) is 31.7 Å². The number of aromatic nitrogens is 2. The summed E-state index contributed by atoms with van der Waals surface area (Å²) >= 11 is 0. The van der Waals surface area contributed by atoms with Gasteiger partial charge >= 0.3 is 0 Å². The molecule has 1 aromatic heterocycles. The van der Waals surface area contributed by atoms with Crippen LogP contribution in [0.4, 0.5) is 0 Å². The minimum absolute atomic E-state index is 0.0878. The first-order valence-electron chi connectivity index (χ1n) is 6.98. The molecule has 2 N–H and O–H groups in total. The lowest BCUT2D eigenvalue weighted by Crippen LogP contribution is -2.31. The molecule has 1 rings (SSSR count). The molecule has 5 nitrogen and oxygen atoms in total. The largest absolute Gasteiger partial charge is 0.354 e. The van der Waals surface area contributed by atoms with Gasteiger partial charge in [-0.2, -0.15) is 0 Å². The second kappa shape index (κ2) is 7.94. The second-order valence-electron chi connectivity index (χ2n) is 5.58. The van der Waals surface area contributed by atoms with Gasteiger partial charge < -0.3 is 15.2 Å². The molecule has 0 radical (unpaired) electrons. The van der Waals surface area contributed by atoms with Crippen LogP contribution in [0.3, 0.4) is 0 Å². The molecule has 0 aliphatic carbocycles. The zero-order valence-electron chi connectivity index (χ0n) is 12.4. The molecule has 19 heavy (non-hydrogen) atoms. The number of imidazole rings is 1. The van der Waals surface area contributed by atoms with E-state index < -0.39 is 0 Å². The van der Waals surface area contributed by atoms with Crippen molar-refractivity contribution in [2.45, 2.75) is 53.2 Å². The number of amides is 1. The van der Waals surface area contributed by atoms with Gasteiger partial charge in [0.25, 0.3) is 0 Å². The summed E-state index contributed by atoms with van der Waals surface area (Å²) in [5.74, 6) is 0.720. The SMILES string of the molecule is CC(C)CNCc1cncn1CCC(=O)NC(C)C. The number of carbonyl (C=O) groups is 1. The molecule has 0 aliphatic heterocycles. The Morgan fingerprint density at radius 2 is 2.11 bits per heavy atom. The Kier molecular flexibility index (Phi) is 6.56. The average Bonchev–Trinajstić information content (AvgIpc) is 2.72. The summed E-state index contributed by atoms with van der Waals surface area (Å²) in [6.07, 6.45) is 4.13.